The zero-order chi connectivity index (χ0) is 14.1. The monoisotopic (exact) mass is 272 g/mol. The first-order chi connectivity index (χ1) is 9.65. The first-order valence-electron chi connectivity index (χ1n) is 7.08. The SMILES string of the molecule is Cc1[nH]c2ccc(CNC(=O)C3CCOC3)cc2c1C. The molecule has 2 heterocycles. The van der Waals surface area contributed by atoms with E-state index >= 15 is 0 Å². The van der Waals surface area contributed by atoms with Crippen LogP contribution in [0.2, 0.25) is 0 Å². The average molecular weight is 272 g/mol. The van der Waals surface area contributed by atoms with Crippen LogP contribution < -0.4 is 5.32 Å². The van der Waals surface area contributed by atoms with E-state index in [0.717, 1.165) is 17.5 Å². The van der Waals surface area contributed by atoms with Gasteiger partial charge in [-0.15, -0.1) is 0 Å². The van der Waals surface area contributed by atoms with E-state index in [0.29, 0.717) is 19.8 Å². The maximum atomic E-state index is 12.0. The highest BCUT2D eigenvalue weighted by Gasteiger charge is 2.22. The van der Waals surface area contributed by atoms with Gasteiger partial charge in [0, 0.05) is 29.7 Å². The minimum atomic E-state index is 0.0231. The number of carbonyl (C=O) groups excluding carboxylic acids is 1. The summed E-state index contributed by atoms with van der Waals surface area (Å²) < 4.78 is 5.24. The Morgan fingerprint density at radius 3 is 3.05 bits per heavy atom. The number of ether oxygens (including phenoxy) is 1. The number of aromatic nitrogens is 1. The number of hydrogen-bond acceptors (Lipinski definition) is 2. The van der Waals surface area contributed by atoms with Gasteiger partial charge in [0.15, 0.2) is 0 Å². The molecule has 1 aromatic carbocycles. The fourth-order valence-electron chi connectivity index (χ4n) is 2.69. The van der Waals surface area contributed by atoms with Crippen LogP contribution in [-0.4, -0.2) is 24.1 Å². The molecule has 2 N–H and O–H groups in total. The van der Waals surface area contributed by atoms with Crippen LogP contribution in [0.25, 0.3) is 10.9 Å². The molecule has 1 saturated heterocycles. The zero-order valence-electron chi connectivity index (χ0n) is 12.0. The van der Waals surface area contributed by atoms with Gasteiger partial charge in [0.1, 0.15) is 0 Å². The van der Waals surface area contributed by atoms with Gasteiger partial charge >= 0.3 is 0 Å². The number of aryl methyl sites for hydroxylation is 2. The lowest BCUT2D eigenvalue weighted by Gasteiger charge is -2.09. The molecule has 1 aromatic heterocycles. The highest BCUT2D eigenvalue weighted by molar-refractivity contribution is 5.85. The van der Waals surface area contributed by atoms with Gasteiger partial charge in [0.25, 0.3) is 0 Å². The summed E-state index contributed by atoms with van der Waals surface area (Å²) >= 11 is 0. The maximum Gasteiger partial charge on any atom is 0.225 e. The molecular formula is C16H20N2O2. The lowest BCUT2D eigenvalue weighted by atomic mass is 10.1. The molecular weight excluding hydrogens is 252 g/mol. The van der Waals surface area contributed by atoms with Gasteiger partial charge in [-0.05, 0) is 43.5 Å². The first-order valence-corrected chi connectivity index (χ1v) is 7.08. The van der Waals surface area contributed by atoms with E-state index < -0.39 is 0 Å². The minimum Gasteiger partial charge on any atom is -0.381 e. The maximum absolute atomic E-state index is 12.0. The van der Waals surface area contributed by atoms with Gasteiger partial charge in [-0.2, -0.15) is 0 Å². The number of hydrogen-bond donors (Lipinski definition) is 2. The Morgan fingerprint density at radius 2 is 2.30 bits per heavy atom. The van der Waals surface area contributed by atoms with Crippen molar-refractivity contribution in [3.8, 4) is 0 Å². The van der Waals surface area contributed by atoms with Gasteiger partial charge in [-0.3, -0.25) is 4.79 Å². The van der Waals surface area contributed by atoms with Crippen molar-refractivity contribution < 1.29 is 9.53 Å². The summed E-state index contributed by atoms with van der Waals surface area (Å²) in [4.78, 5) is 15.3. The highest BCUT2D eigenvalue weighted by Crippen LogP contribution is 2.22. The van der Waals surface area contributed by atoms with Gasteiger partial charge in [0.2, 0.25) is 5.91 Å². The van der Waals surface area contributed by atoms with E-state index in [1.165, 1.54) is 16.6 Å². The number of benzene rings is 1. The number of amides is 1. The van der Waals surface area contributed by atoms with Crippen molar-refractivity contribution in [2.24, 2.45) is 5.92 Å². The van der Waals surface area contributed by atoms with Gasteiger partial charge in [-0.25, -0.2) is 0 Å². The van der Waals surface area contributed by atoms with Crippen molar-refractivity contribution in [2.75, 3.05) is 13.2 Å². The topological polar surface area (TPSA) is 54.1 Å². The summed E-state index contributed by atoms with van der Waals surface area (Å²) in [6.45, 7) is 6.03. The van der Waals surface area contributed by atoms with Crippen molar-refractivity contribution in [1.29, 1.82) is 0 Å². The van der Waals surface area contributed by atoms with E-state index in [-0.39, 0.29) is 11.8 Å². The Kier molecular flexibility index (Phi) is 3.49. The molecule has 1 fully saturated rings. The third-order valence-corrected chi connectivity index (χ3v) is 4.14. The number of aromatic amines is 1. The van der Waals surface area contributed by atoms with E-state index in [2.05, 4.69) is 42.3 Å². The number of rotatable bonds is 3. The van der Waals surface area contributed by atoms with Crippen LogP contribution in [0.15, 0.2) is 18.2 Å². The molecule has 4 heteroatoms. The number of fused-ring (bicyclic) bond motifs is 1. The van der Waals surface area contributed by atoms with Crippen LogP contribution >= 0.6 is 0 Å². The molecule has 1 unspecified atom stereocenters. The summed E-state index contributed by atoms with van der Waals surface area (Å²) in [7, 11) is 0. The predicted octanol–water partition coefficient (Wildman–Crippen LogP) is 2.44. The van der Waals surface area contributed by atoms with E-state index in [1.807, 2.05) is 0 Å². The van der Waals surface area contributed by atoms with Crippen molar-refractivity contribution in [3.05, 3.63) is 35.0 Å². The van der Waals surface area contributed by atoms with E-state index in [1.54, 1.807) is 0 Å². The van der Waals surface area contributed by atoms with E-state index in [4.69, 9.17) is 4.74 Å². The fourth-order valence-corrected chi connectivity index (χ4v) is 2.69. The van der Waals surface area contributed by atoms with Crippen LogP contribution in [0.4, 0.5) is 0 Å². The molecule has 2 aromatic rings. The number of carbonyl (C=O) groups is 1. The van der Waals surface area contributed by atoms with Crippen LogP contribution in [0.1, 0.15) is 23.2 Å². The summed E-state index contributed by atoms with van der Waals surface area (Å²) in [5.74, 6) is 0.125. The van der Waals surface area contributed by atoms with Crippen LogP contribution in [0.3, 0.4) is 0 Å². The summed E-state index contributed by atoms with van der Waals surface area (Å²) in [6.07, 6.45) is 0.834. The van der Waals surface area contributed by atoms with Crippen LogP contribution in [0.5, 0.6) is 0 Å². The molecule has 0 radical (unpaired) electrons. The number of nitrogens with one attached hydrogen (secondary N) is 2. The Bertz CT molecular complexity index is 639. The molecule has 106 valence electrons. The Labute approximate surface area is 118 Å². The molecule has 1 amide bonds. The van der Waals surface area contributed by atoms with Crippen molar-refractivity contribution in [1.82, 2.24) is 10.3 Å². The zero-order valence-corrected chi connectivity index (χ0v) is 12.0. The molecule has 1 aliphatic rings. The van der Waals surface area contributed by atoms with Gasteiger partial charge in [-0.1, -0.05) is 6.07 Å². The summed E-state index contributed by atoms with van der Waals surface area (Å²) in [5, 5.41) is 4.24. The largest absolute Gasteiger partial charge is 0.381 e. The third kappa shape index (κ3) is 2.43. The lowest BCUT2D eigenvalue weighted by Crippen LogP contribution is -2.30. The first kappa shape index (κ1) is 13.2. The molecule has 4 nitrogen and oxygen atoms in total. The molecule has 20 heavy (non-hydrogen) atoms. The van der Waals surface area contributed by atoms with Crippen LogP contribution in [-0.2, 0) is 16.1 Å². The van der Waals surface area contributed by atoms with Gasteiger partial charge in [0.05, 0.1) is 12.5 Å². The molecule has 0 saturated carbocycles. The molecule has 0 aliphatic carbocycles. The third-order valence-electron chi connectivity index (χ3n) is 4.14. The molecule has 3 rings (SSSR count). The van der Waals surface area contributed by atoms with Crippen molar-refractivity contribution >= 4 is 16.8 Å². The lowest BCUT2D eigenvalue weighted by molar-refractivity contribution is -0.125. The Morgan fingerprint density at radius 1 is 1.45 bits per heavy atom. The molecule has 0 spiro atoms. The second-order valence-electron chi connectivity index (χ2n) is 5.53. The standard InChI is InChI=1S/C16H20N2O2/c1-10-11(2)18-15-4-3-12(7-14(10)15)8-17-16(19)13-5-6-20-9-13/h3-4,7,13,18H,5-6,8-9H2,1-2H3,(H,17,19). The quantitative estimate of drug-likeness (QED) is 0.901. The predicted molar refractivity (Wildman–Crippen MR) is 78.5 cm³/mol. The minimum absolute atomic E-state index is 0.0231. The molecule has 1 atom stereocenters. The highest BCUT2D eigenvalue weighted by atomic mass is 16.5. The Balaban J connectivity index is 1.71. The summed E-state index contributed by atoms with van der Waals surface area (Å²) in [6, 6.07) is 6.29. The normalized spacial score (nSPS) is 18.6. The molecule has 0 bridgehead atoms. The van der Waals surface area contributed by atoms with Crippen molar-refractivity contribution in [3.63, 3.8) is 0 Å². The van der Waals surface area contributed by atoms with Crippen molar-refractivity contribution in [2.45, 2.75) is 26.8 Å². The second kappa shape index (κ2) is 5.29. The van der Waals surface area contributed by atoms with Gasteiger partial charge < -0.3 is 15.0 Å². The smallest absolute Gasteiger partial charge is 0.225 e. The second-order valence-corrected chi connectivity index (χ2v) is 5.53. The van der Waals surface area contributed by atoms with E-state index in [9.17, 15) is 4.79 Å². The Hall–Kier alpha value is -1.81. The number of H-pyrrole nitrogens is 1. The molecule has 1 aliphatic heterocycles. The average Bonchev–Trinajstić information content (AvgIpc) is 3.07. The fraction of sp³-hybridized carbons (Fsp3) is 0.438. The summed E-state index contributed by atoms with van der Waals surface area (Å²) in [5.41, 5.74) is 4.76. The van der Waals surface area contributed by atoms with Crippen LogP contribution in [0, 0.1) is 19.8 Å².